The van der Waals surface area contributed by atoms with Gasteiger partial charge in [-0.25, -0.2) is 4.98 Å². The van der Waals surface area contributed by atoms with Crippen LogP contribution in [0, 0.1) is 0 Å². The minimum absolute atomic E-state index is 0.860. The van der Waals surface area contributed by atoms with E-state index >= 15 is 0 Å². The van der Waals surface area contributed by atoms with Crippen LogP contribution in [0.25, 0.3) is 5.69 Å². The van der Waals surface area contributed by atoms with Crippen molar-refractivity contribution in [2.24, 2.45) is 0 Å². The molecule has 1 aromatic heterocycles. The molecule has 0 atom stereocenters. The van der Waals surface area contributed by atoms with Gasteiger partial charge in [-0.2, -0.15) is 0 Å². The van der Waals surface area contributed by atoms with Gasteiger partial charge in [0.1, 0.15) is 5.75 Å². The molecule has 23 heavy (non-hydrogen) atoms. The first-order chi connectivity index (χ1) is 11.4. The van der Waals surface area contributed by atoms with E-state index in [1.165, 1.54) is 11.1 Å². The van der Waals surface area contributed by atoms with E-state index in [1.54, 1.807) is 19.6 Å². The third kappa shape index (κ3) is 3.99. The van der Waals surface area contributed by atoms with Crippen LogP contribution in [0.2, 0.25) is 0 Å². The average molecular weight is 307 g/mol. The number of aromatic nitrogens is 2. The van der Waals surface area contributed by atoms with E-state index in [4.69, 9.17) is 4.74 Å². The number of methoxy groups -OCH3 is 1. The molecule has 118 valence electrons. The summed E-state index contributed by atoms with van der Waals surface area (Å²) in [5.74, 6) is 0.957. The average Bonchev–Trinajstić information content (AvgIpc) is 3.14. The summed E-state index contributed by atoms with van der Waals surface area (Å²) in [7, 11) is 1.72. The lowest BCUT2D eigenvalue weighted by Crippen LogP contribution is -2.17. The zero-order chi connectivity index (χ0) is 15.9. The van der Waals surface area contributed by atoms with Gasteiger partial charge in [0, 0.05) is 24.6 Å². The Hall–Kier alpha value is -2.59. The van der Waals surface area contributed by atoms with Crippen LogP contribution >= 0.6 is 0 Å². The molecule has 0 aliphatic rings. The van der Waals surface area contributed by atoms with Gasteiger partial charge in [-0.05, 0) is 42.3 Å². The topological polar surface area (TPSA) is 39.1 Å². The minimum atomic E-state index is 0.860. The van der Waals surface area contributed by atoms with Crippen LogP contribution in [0.15, 0.2) is 67.3 Å². The Labute approximate surface area is 136 Å². The first-order valence-electron chi connectivity index (χ1n) is 7.77. The standard InChI is InChI=1S/C19H21N3O/c1-23-19-5-3-2-4-17(19)10-11-20-14-16-6-8-18(9-7-16)22-13-12-21-15-22/h2-9,12-13,15,20H,10-11,14H2,1H3. The van der Waals surface area contributed by atoms with E-state index in [1.807, 2.05) is 29.0 Å². The van der Waals surface area contributed by atoms with Crippen LogP contribution in [0.3, 0.4) is 0 Å². The highest BCUT2D eigenvalue weighted by atomic mass is 16.5. The molecule has 0 fully saturated rings. The lowest BCUT2D eigenvalue weighted by atomic mass is 10.1. The second kappa shape index (κ2) is 7.61. The Balaban J connectivity index is 1.49. The van der Waals surface area contributed by atoms with Crippen molar-refractivity contribution in [3.05, 3.63) is 78.4 Å². The molecule has 0 saturated heterocycles. The number of hydrogen-bond acceptors (Lipinski definition) is 3. The summed E-state index contributed by atoms with van der Waals surface area (Å²) < 4.78 is 7.37. The summed E-state index contributed by atoms with van der Waals surface area (Å²) in [6.45, 7) is 1.78. The fourth-order valence-corrected chi connectivity index (χ4v) is 2.56. The third-order valence-corrected chi connectivity index (χ3v) is 3.83. The largest absolute Gasteiger partial charge is 0.496 e. The maximum atomic E-state index is 5.37. The molecule has 3 rings (SSSR count). The lowest BCUT2D eigenvalue weighted by Gasteiger charge is -2.09. The number of benzene rings is 2. The second-order valence-corrected chi connectivity index (χ2v) is 5.38. The number of nitrogens with one attached hydrogen (secondary N) is 1. The normalized spacial score (nSPS) is 10.7. The molecule has 1 heterocycles. The summed E-state index contributed by atoms with van der Waals surface area (Å²) in [6.07, 6.45) is 6.49. The quantitative estimate of drug-likeness (QED) is 0.681. The van der Waals surface area contributed by atoms with Gasteiger partial charge in [0.2, 0.25) is 0 Å². The first-order valence-corrected chi connectivity index (χ1v) is 7.77. The zero-order valence-corrected chi connectivity index (χ0v) is 13.3. The molecular weight excluding hydrogens is 286 g/mol. The Kier molecular flexibility index (Phi) is 5.06. The summed E-state index contributed by atoms with van der Waals surface area (Å²) >= 11 is 0. The van der Waals surface area contributed by atoms with E-state index in [-0.39, 0.29) is 0 Å². The van der Waals surface area contributed by atoms with Crippen LogP contribution in [0.4, 0.5) is 0 Å². The van der Waals surface area contributed by atoms with Gasteiger partial charge in [-0.3, -0.25) is 0 Å². The summed E-state index contributed by atoms with van der Waals surface area (Å²) in [4.78, 5) is 4.06. The van der Waals surface area contributed by atoms with Crippen molar-refractivity contribution in [1.29, 1.82) is 0 Å². The number of imidazole rings is 1. The Bertz CT molecular complexity index is 721. The van der Waals surface area contributed by atoms with Gasteiger partial charge in [-0.1, -0.05) is 30.3 Å². The number of rotatable bonds is 7. The van der Waals surface area contributed by atoms with Gasteiger partial charge in [0.15, 0.2) is 0 Å². The van der Waals surface area contributed by atoms with Crippen molar-refractivity contribution < 1.29 is 4.74 Å². The van der Waals surface area contributed by atoms with E-state index in [0.717, 1.165) is 30.9 Å². The fourth-order valence-electron chi connectivity index (χ4n) is 2.56. The fraction of sp³-hybridized carbons (Fsp3) is 0.211. The van der Waals surface area contributed by atoms with Crippen molar-refractivity contribution in [2.45, 2.75) is 13.0 Å². The highest BCUT2D eigenvalue weighted by molar-refractivity contribution is 5.35. The molecule has 0 amide bonds. The van der Waals surface area contributed by atoms with Crippen molar-refractivity contribution in [3.63, 3.8) is 0 Å². The smallest absolute Gasteiger partial charge is 0.122 e. The Morgan fingerprint density at radius 1 is 1.09 bits per heavy atom. The van der Waals surface area contributed by atoms with E-state index in [9.17, 15) is 0 Å². The van der Waals surface area contributed by atoms with Crippen molar-refractivity contribution in [1.82, 2.24) is 14.9 Å². The highest BCUT2D eigenvalue weighted by Gasteiger charge is 2.01. The van der Waals surface area contributed by atoms with E-state index in [0.29, 0.717) is 0 Å². The minimum Gasteiger partial charge on any atom is -0.496 e. The summed E-state index contributed by atoms with van der Waals surface area (Å²) in [6, 6.07) is 16.7. The number of hydrogen-bond donors (Lipinski definition) is 1. The van der Waals surface area contributed by atoms with Gasteiger partial charge in [0.05, 0.1) is 13.4 Å². The maximum Gasteiger partial charge on any atom is 0.122 e. The number of para-hydroxylation sites is 1. The van der Waals surface area contributed by atoms with Crippen LogP contribution < -0.4 is 10.1 Å². The molecule has 3 aromatic rings. The second-order valence-electron chi connectivity index (χ2n) is 5.38. The molecule has 4 nitrogen and oxygen atoms in total. The SMILES string of the molecule is COc1ccccc1CCNCc1ccc(-n2ccnc2)cc1. The van der Waals surface area contributed by atoms with Crippen LogP contribution in [-0.4, -0.2) is 23.2 Å². The monoisotopic (exact) mass is 307 g/mol. The first kappa shape index (κ1) is 15.3. The molecule has 2 aromatic carbocycles. The van der Waals surface area contributed by atoms with Crippen LogP contribution in [-0.2, 0) is 13.0 Å². The molecule has 4 heteroatoms. The summed E-state index contributed by atoms with van der Waals surface area (Å²) in [5, 5.41) is 3.48. The van der Waals surface area contributed by atoms with Crippen molar-refractivity contribution in [3.8, 4) is 11.4 Å². The van der Waals surface area contributed by atoms with Crippen molar-refractivity contribution in [2.75, 3.05) is 13.7 Å². The van der Waals surface area contributed by atoms with E-state index < -0.39 is 0 Å². The molecule has 0 saturated carbocycles. The predicted molar refractivity (Wildman–Crippen MR) is 92.0 cm³/mol. The van der Waals surface area contributed by atoms with Crippen LogP contribution in [0.1, 0.15) is 11.1 Å². The van der Waals surface area contributed by atoms with Gasteiger partial charge in [-0.15, -0.1) is 0 Å². The van der Waals surface area contributed by atoms with E-state index in [2.05, 4.69) is 40.6 Å². The molecule has 0 aliphatic carbocycles. The predicted octanol–water partition coefficient (Wildman–Crippen LogP) is 3.21. The molecule has 1 N–H and O–H groups in total. The number of nitrogens with zero attached hydrogens (tertiary/aromatic N) is 2. The summed E-state index contributed by atoms with van der Waals surface area (Å²) in [5.41, 5.74) is 3.63. The molecule has 0 spiro atoms. The highest BCUT2D eigenvalue weighted by Crippen LogP contribution is 2.17. The Morgan fingerprint density at radius 3 is 2.65 bits per heavy atom. The van der Waals surface area contributed by atoms with Crippen LogP contribution in [0.5, 0.6) is 5.75 Å². The van der Waals surface area contributed by atoms with Gasteiger partial charge < -0.3 is 14.6 Å². The molecule has 0 bridgehead atoms. The molecule has 0 radical (unpaired) electrons. The molecular formula is C19H21N3O. The maximum absolute atomic E-state index is 5.37. The zero-order valence-electron chi connectivity index (χ0n) is 13.3. The molecule has 0 aliphatic heterocycles. The molecule has 0 unspecified atom stereocenters. The van der Waals surface area contributed by atoms with Gasteiger partial charge >= 0.3 is 0 Å². The van der Waals surface area contributed by atoms with Gasteiger partial charge in [0.25, 0.3) is 0 Å². The third-order valence-electron chi connectivity index (χ3n) is 3.83. The Morgan fingerprint density at radius 2 is 1.91 bits per heavy atom. The van der Waals surface area contributed by atoms with Crippen molar-refractivity contribution >= 4 is 0 Å². The lowest BCUT2D eigenvalue weighted by molar-refractivity contribution is 0.409. The number of ether oxygens (including phenoxy) is 1.